The molecule has 1 aliphatic rings. The summed E-state index contributed by atoms with van der Waals surface area (Å²) < 4.78 is 22.9. The predicted molar refractivity (Wildman–Crippen MR) is 81.6 cm³/mol. The Kier molecular flexibility index (Phi) is 4.85. The molecule has 1 unspecified atom stereocenters. The van der Waals surface area contributed by atoms with E-state index in [9.17, 15) is 18.0 Å². The summed E-state index contributed by atoms with van der Waals surface area (Å²) in [5.41, 5.74) is 1.09. The topological polar surface area (TPSA) is 91.8 Å². The highest BCUT2D eigenvalue weighted by atomic mass is 32.2. The maximum atomic E-state index is 12.1. The SMILES string of the molecule is CN(C(=O)CCc1ccc(C(=O)O)cc1)C1CCS(=O)(=O)C1. The first kappa shape index (κ1) is 16.5. The Labute approximate surface area is 129 Å². The number of carboxylic acids is 1. The summed E-state index contributed by atoms with van der Waals surface area (Å²) in [6.07, 6.45) is 1.28. The van der Waals surface area contributed by atoms with Crippen LogP contribution in [0.1, 0.15) is 28.8 Å². The molecule has 1 aromatic rings. The Bertz CT molecular complexity index is 666. The van der Waals surface area contributed by atoms with Crippen LogP contribution >= 0.6 is 0 Å². The van der Waals surface area contributed by atoms with E-state index in [0.717, 1.165) is 5.56 Å². The second kappa shape index (κ2) is 6.48. The molecule has 0 spiro atoms. The van der Waals surface area contributed by atoms with Gasteiger partial charge in [0.1, 0.15) is 0 Å². The second-order valence-corrected chi connectivity index (χ2v) is 7.79. The zero-order valence-corrected chi connectivity index (χ0v) is 13.2. The van der Waals surface area contributed by atoms with Crippen LogP contribution in [0.3, 0.4) is 0 Å². The van der Waals surface area contributed by atoms with E-state index >= 15 is 0 Å². The molecule has 6 nitrogen and oxygen atoms in total. The molecular weight excluding hydrogens is 306 g/mol. The van der Waals surface area contributed by atoms with E-state index in [-0.39, 0.29) is 35.4 Å². The lowest BCUT2D eigenvalue weighted by molar-refractivity contribution is -0.131. The molecule has 1 fully saturated rings. The van der Waals surface area contributed by atoms with Crippen molar-refractivity contribution in [1.82, 2.24) is 4.90 Å². The summed E-state index contributed by atoms with van der Waals surface area (Å²) in [6, 6.07) is 6.17. The molecule has 120 valence electrons. The minimum atomic E-state index is -3.00. The molecule has 0 saturated carbocycles. The van der Waals surface area contributed by atoms with Gasteiger partial charge in [-0.25, -0.2) is 13.2 Å². The number of carbonyl (C=O) groups is 2. The minimum Gasteiger partial charge on any atom is -0.478 e. The molecule has 2 rings (SSSR count). The van der Waals surface area contributed by atoms with E-state index in [4.69, 9.17) is 5.11 Å². The molecule has 1 aliphatic heterocycles. The highest BCUT2D eigenvalue weighted by molar-refractivity contribution is 7.91. The summed E-state index contributed by atoms with van der Waals surface area (Å²) in [6.45, 7) is 0. The van der Waals surface area contributed by atoms with E-state index in [0.29, 0.717) is 12.8 Å². The molecular formula is C15H19NO5S. The van der Waals surface area contributed by atoms with E-state index in [1.54, 1.807) is 19.2 Å². The van der Waals surface area contributed by atoms with Crippen molar-refractivity contribution in [3.8, 4) is 0 Å². The molecule has 22 heavy (non-hydrogen) atoms. The van der Waals surface area contributed by atoms with E-state index in [1.807, 2.05) is 0 Å². The third-order valence-corrected chi connectivity index (χ3v) is 5.73. The number of benzene rings is 1. The first-order chi connectivity index (χ1) is 10.3. The van der Waals surface area contributed by atoms with Crippen LogP contribution in [-0.4, -0.2) is 54.9 Å². The van der Waals surface area contributed by atoms with Crippen LogP contribution in [0.25, 0.3) is 0 Å². The standard InChI is InChI=1S/C15H19NO5S/c1-16(13-8-9-22(20,21)10-13)14(17)7-4-11-2-5-12(6-3-11)15(18)19/h2-3,5-6,13H,4,7-10H2,1H3,(H,18,19). The summed E-state index contributed by atoms with van der Waals surface area (Å²) in [5.74, 6) is -0.886. The summed E-state index contributed by atoms with van der Waals surface area (Å²) in [7, 11) is -1.36. The first-order valence-electron chi connectivity index (χ1n) is 7.07. The van der Waals surface area contributed by atoms with Crippen LogP contribution in [0.4, 0.5) is 0 Å². The number of aromatic carboxylic acids is 1. The molecule has 1 heterocycles. The van der Waals surface area contributed by atoms with Crippen LogP contribution in [0.5, 0.6) is 0 Å². The number of hydrogen-bond acceptors (Lipinski definition) is 4. The molecule has 0 aromatic heterocycles. The second-order valence-electron chi connectivity index (χ2n) is 5.56. The Morgan fingerprint density at radius 2 is 1.91 bits per heavy atom. The van der Waals surface area contributed by atoms with Gasteiger partial charge in [-0.2, -0.15) is 0 Å². The molecule has 1 aromatic carbocycles. The number of carbonyl (C=O) groups excluding carboxylic acids is 1. The Balaban J connectivity index is 1.88. The molecule has 1 atom stereocenters. The third-order valence-electron chi connectivity index (χ3n) is 3.98. The highest BCUT2D eigenvalue weighted by Crippen LogP contribution is 2.17. The van der Waals surface area contributed by atoms with Crippen LogP contribution in [0, 0.1) is 0 Å². The van der Waals surface area contributed by atoms with Gasteiger partial charge in [0, 0.05) is 19.5 Å². The van der Waals surface area contributed by atoms with Crippen molar-refractivity contribution in [2.45, 2.75) is 25.3 Å². The van der Waals surface area contributed by atoms with Gasteiger partial charge in [0.15, 0.2) is 9.84 Å². The average Bonchev–Trinajstić information content (AvgIpc) is 2.84. The number of nitrogens with zero attached hydrogens (tertiary/aromatic N) is 1. The monoisotopic (exact) mass is 325 g/mol. The van der Waals surface area contributed by atoms with E-state index in [1.165, 1.54) is 17.0 Å². The summed E-state index contributed by atoms with van der Waals surface area (Å²) in [5, 5.41) is 8.82. The van der Waals surface area contributed by atoms with Gasteiger partial charge >= 0.3 is 5.97 Å². The lowest BCUT2D eigenvalue weighted by Crippen LogP contribution is -2.37. The van der Waals surface area contributed by atoms with Gasteiger partial charge in [-0.05, 0) is 30.5 Å². The largest absolute Gasteiger partial charge is 0.478 e. The highest BCUT2D eigenvalue weighted by Gasteiger charge is 2.32. The van der Waals surface area contributed by atoms with Gasteiger partial charge in [0.05, 0.1) is 17.1 Å². The minimum absolute atomic E-state index is 0.0442. The number of hydrogen-bond donors (Lipinski definition) is 1. The molecule has 1 amide bonds. The van der Waals surface area contributed by atoms with Gasteiger partial charge in [-0.3, -0.25) is 4.79 Å². The number of amides is 1. The number of sulfone groups is 1. The van der Waals surface area contributed by atoms with Crippen LogP contribution < -0.4 is 0 Å². The molecule has 1 N–H and O–H groups in total. The van der Waals surface area contributed by atoms with Crippen LogP contribution in [0.15, 0.2) is 24.3 Å². The van der Waals surface area contributed by atoms with Gasteiger partial charge in [-0.1, -0.05) is 12.1 Å². The van der Waals surface area contributed by atoms with Crippen LogP contribution in [0.2, 0.25) is 0 Å². The quantitative estimate of drug-likeness (QED) is 0.870. The molecule has 0 radical (unpaired) electrons. The molecule has 1 saturated heterocycles. The van der Waals surface area contributed by atoms with Crippen molar-refractivity contribution >= 4 is 21.7 Å². The normalized spacial score (nSPS) is 19.8. The van der Waals surface area contributed by atoms with Gasteiger partial charge in [-0.15, -0.1) is 0 Å². The Hall–Kier alpha value is -1.89. The maximum absolute atomic E-state index is 12.1. The smallest absolute Gasteiger partial charge is 0.335 e. The van der Waals surface area contributed by atoms with Gasteiger partial charge < -0.3 is 10.0 Å². The maximum Gasteiger partial charge on any atom is 0.335 e. The van der Waals surface area contributed by atoms with E-state index < -0.39 is 15.8 Å². The number of rotatable bonds is 5. The van der Waals surface area contributed by atoms with Crippen molar-refractivity contribution in [3.05, 3.63) is 35.4 Å². The Morgan fingerprint density at radius 3 is 2.41 bits per heavy atom. The zero-order valence-electron chi connectivity index (χ0n) is 12.4. The Morgan fingerprint density at radius 1 is 1.27 bits per heavy atom. The predicted octanol–water partition coefficient (Wildman–Crippen LogP) is 0.963. The first-order valence-corrected chi connectivity index (χ1v) is 8.89. The number of aryl methyl sites for hydroxylation is 1. The molecule has 0 aliphatic carbocycles. The van der Waals surface area contributed by atoms with Gasteiger partial charge in [0.25, 0.3) is 0 Å². The summed E-state index contributed by atoms with van der Waals surface area (Å²) >= 11 is 0. The molecule has 0 bridgehead atoms. The van der Waals surface area contributed by atoms with Crippen LogP contribution in [-0.2, 0) is 21.1 Å². The van der Waals surface area contributed by atoms with Crippen molar-refractivity contribution in [3.63, 3.8) is 0 Å². The fourth-order valence-corrected chi connectivity index (χ4v) is 4.30. The van der Waals surface area contributed by atoms with Gasteiger partial charge in [0.2, 0.25) is 5.91 Å². The molecule has 7 heteroatoms. The third kappa shape index (κ3) is 4.07. The number of carboxylic acid groups (broad SMARTS) is 1. The zero-order chi connectivity index (χ0) is 16.3. The van der Waals surface area contributed by atoms with Crippen molar-refractivity contribution in [2.24, 2.45) is 0 Å². The lowest BCUT2D eigenvalue weighted by atomic mass is 10.1. The van der Waals surface area contributed by atoms with E-state index in [2.05, 4.69) is 0 Å². The van der Waals surface area contributed by atoms with Crippen molar-refractivity contribution in [1.29, 1.82) is 0 Å². The fraction of sp³-hybridized carbons (Fsp3) is 0.467. The fourth-order valence-electron chi connectivity index (χ4n) is 2.53. The lowest BCUT2D eigenvalue weighted by Gasteiger charge is -2.23. The van der Waals surface area contributed by atoms with Crippen molar-refractivity contribution in [2.75, 3.05) is 18.6 Å². The summed E-state index contributed by atoms with van der Waals surface area (Å²) in [4.78, 5) is 24.4. The average molecular weight is 325 g/mol. The van der Waals surface area contributed by atoms with Crippen molar-refractivity contribution < 1.29 is 23.1 Å².